The van der Waals surface area contributed by atoms with Gasteiger partial charge in [-0.3, -0.25) is 0 Å². The van der Waals surface area contributed by atoms with Gasteiger partial charge in [-0.1, -0.05) is 6.92 Å². The summed E-state index contributed by atoms with van der Waals surface area (Å²) < 4.78 is 24.2. The largest absolute Gasteiger partial charge is 0.496 e. The molecule has 100 valence electrons. The first-order valence-electron chi connectivity index (χ1n) is 6.24. The highest BCUT2D eigenvalue weighted by Crippen LogP contribution is 2.29. The van der Waals surface area contributed by atoms with Gasteiger partial charge in [-0.2, -0.15) is 0 Å². The topological polar surface area (TPSA) is 30.5 Å². The Kier molecular flexibility index (Phi) is 4.19. The molecular formula is C14H20FNO2. The summed E-state index contributed by atoms with van der Waals surface area (Å²) in [5, 5.41) is 3.35. The molecule has 0 aliphatic carbocycles. The molecular weight excluding hydrogens is 233 g/mol. The van der Waals surface area contributed by atoms with Crippen LogP contribution in [0.2, 0.25) is 0 Å². The number of hydrogen-bond acceptors (Lipinski definition) is 3. The van der Waals surface area contributed by atoms with Crippen molar-refractivity contribution < 1.29 is 13.9 Å². The molecule has 1 aliphatic rings. The van der Waals surface area contributed by atoms with E-state index >= 15 is 0 Å². The fourth-order valence-electron chi connectivity index (χ4n) is 2.36. The van der Waals surface area contributed by atoms with Gasteiger partial charge in [0.25, 0.3) is 0 Å². The number of benzene rings is 1. The molecule has 0 spiro atoms. The van der Waals surface area contributed by atoms with Gasteiger partial charge in [-0.15, -0.1) is 0 Å². The zero-order valence-corrected chi connectivity index (χ0v) is 11.0. The molecule has 3 nitrogen and oxygen atoms in total. The molecule has 18 heavy (non-hydrogen) atoms. The molecule has 1 atom stereocenters. The SMILES string of the molecule is COc1ccc(F)cc1CC1(C)CNCCOC1. The molecule has 0 aromatic heterocycles. The minimum absolute atomic E-state index is 0.0302. The smallest absolute Gasteiger partial charge is 0.123 e. The van der Waals surface area contributed by atoms with Crippen molar-refractivity contribution in [3.63, 3.8) is 0 Å². The Morgan fingerprint density at radius 1 is 1.50 bits per heavy atom. The van der Waals surface area contributed by atoms with Crippen LogP contribution in [-0.4, -0.2) is 33.4 Å². The maximum Gasteiger partial charge on any atom is 0.123 e. The molecule has 1 aromatic rings. The molecule has 1 aromatic carbocycles. The zero-order valence-electron chi connectivity index (χ0n) is 11.0. The van der Waals surface area contributed by atoms with Gasteiger partial charge < -0.3 is 14.8 Å². The van der Waals surface area contributed by atoms with E-state index in [0.717, 1.165) is 37.4 Å². The molecule has 0 radical (unpaired) electrons. The lowest BCUT2D eigenvalue weighted by atomic mass is 9.84. The van der Waals surface area contributed by atoms with E-state index in [2.05, 4.69) is 12.2 Å². The van der Waals surface area contributed by atoms with Crippen molar-refractivity contribution in [1.29, 1.82) is 0 Å². The summed E-state index contributed by atoms with van der Waals surface area (Å²) in [5.41, 5.74) is 0.865. The van der Waals surface area contributed by atoms with E-state index in [1.807, 2.05) is 0 Å². The van der Waals surface area contributed by atoms with E-state index in [1.165, 1.54) is 6.07 Å². The monoisotopic (exact) mass is 253 g/mol. The lowest BCUT2D eigenvalue weighted by molar-refractivity contribution is 0.0792. The van der Waals surface area contributed by atoms with E-state index in [-0.39, 0.29) is 11.2 Å². The Hall–Kier alpha value is -1.13. The lowest BCUT2D eigenvalue weighted by Gasteiger charge is -2.28. The first-order chi connectivity index (χ1) is 8.63. The molecule has 4 heteroatoms. The van der Waals surface area contributed by atoms with Gasteiger partial charge in [0.15, 0.2) is 0 Å². The number of ether oxygens (including phenoxy) is 2. The second-order valence-corrected chi connectivity index (χ2v) is 5.17. The minimum atomic E-state index is -0.225. The fourth-order valence-corrected chi connectivity index (χ4v) is 2.36. The second kappa shape index (κ2) is 5.67. The van der Waals surface area contributed by atoms with E-state index < -0.39 is 0 Å². The van der Waals surface area contributed by atoms with E-state index in [4.69, 9.17) is 9.47 Å². The van der Waals surface area contributed by atoms with Gasteiger partial charge in [-0.05, 0) is 30.2 Å². The quantitative estimate of drug-likeness (QED) is 0.893. The predicted octanol–water partition coefficient (Wildman–Crippen LogP) is 2.00. The van der Waals surface area contributed by atoms with Crippen LogP contribution in [0.25, 0.3) is 0 Å². The van der Waals surface area contributed by atoms with E-state index in [0.29, 0.717) is 6.61 Å². The molecule has 1 N–H and O–H groups in total. The summed E-state index contributed by atoms with van der Waals surface area (Å²) in [4.78, 5) is 0. The minimum Gasteiger partial charge on any atom is -0.496 e. The number of hydrogen-bond donors (Lipinski definition) is 1. The average Bonchev–Trinajstić information content (AvgIpc) is 2.54. The Bertz CT molecular complexity index is 401. The standard InChI is InChI=1S/C14H20FNO2/c1-14(9-16-5-6-18-10-14)8-11-7-12(15)3-4-13(11)17-2/h3-4,7,16H,5-6,8-10H2,1-2H3. The summed E-state index contributed by atoms with van der Waals surface area (Å²) in [7, 11) is 1.61. The maximum atomic E-state index is 13.3. The highest BCUT2D eigenvalue weighted by molar-refractivity contribution is 5.34. The first kappa shape index (κ1) is 13.3. The third kappa shape index (κ3) is 3.21. The van der Waals surface area contributed by atoms with Crippen molar-refractivity contribution in [2.24, 2.45) is 5.41 Å². The molecule has 0 saturated carbocycles. The van der Waals surface area contributed by atoms with Gasteiger partial charge >= 0.3 is 0 Å². The fraction of sp³-hybridized carbons (Fsp3) is 0.571. The Labute approximate surface area is 107 Å². The van der Waals surface area contributed by atoms with Crippen LogP contribution < -0.4 is 10.1 Å². The number of halogens is 1. The summed E-state index contributed by atoms with van der Waals surface area (Å²) in [6, 6.07) is 4.65. The van der Waals surface area contributed by atoms with E-state index in [9.17, 15) is 4.39 Å². The van der Waals surface area contributed by atoms with Crippen LogP contribution in [0.15, 0.2) is 18.2 Å². The van der Waals surface area contributed by atoms with Crippen LogP contribution in [0.3, 0.4) is 0 Å². The molecule has 1 fully saturated rings. The van der Waals surface area contributed by atoms with Crippen molar-refractivity contribution in [3.05, 3.63) is 29.6 Å². The Balaban J connectivity index is 2.18. The van der Waals surface area contributed by atoms with Gasteiger partial charge in [0.2, 0.25) is 0 Å². The van der Waals surface area contributed by atoms with Crippen molar-refractivity contribution >= 4 is 0 Å². The van der Waals surface area contributed by atoms with Gasteiger partial charge in [-0.25, -0.2) is 4.39 Å². The van der Waals surface area contributed by atoms with Gasteiger partial charge in [0, 0.05) is 18.5 Å². The van der Waals surface area contributed by atoms with Crippen LogP contribution in [0.5, 0.6) is 5.75 Å². The first-order valence-corrected chi connectivity index (χ1v) is 6.24. The van der Waals surface area contributed by atoms with Crippen molar-refractivity contribution in [3.8, 4) is 5.75 Å². The van der Waals surface area contributed by atoms with Crippen LogP contribution >= 0.6 is 0 Å². The predicted molar refractivity (Wildman–Crippen MR) is 68.5 cm³/mol. The third-order valence-electron chi connectivity index (χ3n) is 3.29. The van der Waals surface area contributed by atoms with Crippen LogP contribution in [0.4, 0.5) is 4.39 Å². The molecule has 1 aliphatic heterocycles. The molecule has 1 heterocycles. The van der Waals surface area contributed by atoms with Crippen LogP contribution in [0, 0.1) is 11.2 Å². The van der Waals surface area contributed by atoms with Crippen LogP contribution in [0.1, 0.15) is 12.5 Å². The zero-order chi connectivity index (χ0) is 13.0. The summed E-state index contributed by atoms with van der Waals surface area (Å²) in [6.07, 6.45) is 0.737. The maximum absolute atomic E-state index is 13.3. The molecule has 0 amide bonds. The summed E-state index contributed by atoms with van der Waals surface area (Å²) in [6.45, 7) is 5.30. The highest BCUT2D eigenvalue weighted by atomic mass is 19.1. The number of rotatable bonds is 3. The second-order valence-electron chi connectivity index (χ2n) is 5.17. The average molecular weight is 253 g/mol. The molecule has 1 saturated heterocycles. The van der Waals surface area contributed by atoms with Gasteiger partial charge in [0.05, 0.1) is 20.3 Å². The molecule has 2 rings (SSSR count). The normalized spacial score (nSPS) is 24.6. The van der Waals surface area contributed by atoms with Crippen molar-refractivity contribution in [2.45, 2.75) is 13.3 Å². The number of nitrogens with one attached hydrogen (secondary N) is 1. The Morgan fingerprint density at radius 2 is 2.33 bits per heavy atom. The van der Waals surface area contributed by atoms with Crippen molar-refractivity contribution in [2.75, 3.05) is 33.4 Å². The lowest BCUT2D eigenvalue weighted by Crippen LogP contribution is -2.34. The summed E-state index contributed by atoms with van der Waals surface area (Å²) in [5.74, 6) is 0.513. The number of methoxy groups -OCH3 is 1. The third-order valence-corrected chi connectivity index (χ3v) is 3.29. The summed E-state index contributed by atoms with van der Waals surface area (Å²) >= 11 is 0. The van der Waals surface area contributed by atoms with Crippen LogP contribution in [-0.2, 0) is 11.2 Å². The molecule has 0 bridgehead atoms. The molecule has 1 unspecified atom stereocenters. The van der Waals surface area contributed by atoms with E-state index in [1.54, 1.807) is 19.2 Å². The van der Waals surface area contributed by atoms with Crippen molar-refractivity contribution in [1.82, 2.24) is 5.32 Å². The Morgan fingerprint density at radius 3 is 3.11 bits per heavy atom. The highest BCUT2D eigenvalue weighted by Gasteiger charge is 2.28. The van der Waals surface area contributed by atoms with Gasteiger partial charge in [0.1, 0.15) is 11.6 Å².